The van der Waals surface area contributed by atoms with Crippen molar-refractivity contribution >= 4 is 46.4 Å². The molecule has 4 aromatic rings. The minimum atomic E-state index is -0.281. The first-order valence-electron chi connectivity index (χ1n) is 13.6. The fourth-order valence-corrected chi connectivity index (χ4v) is 6.00. The van der Waals surface area contributed by atoms with E-state index in [2.05, 4.69) is 9.89 Å². The highest BCUT2D eigenvalue weighted by Gasteiger charge is 2.31. The summed E-state index contributed by atoms with van der Waals surface area (Å²) in [5, 5.41) is 6.24. The molecule has 1 saturated heterocycles. The van der Waals surface area contributed by atoms with Gasteiger partial charge in [0.2, 0.25) is 5.91 Å². The molecule has 3 heterocycles. The molecule has 2 N–H and O–H groups in total. The summed E-state index contributed by atoms with van der Waals surface area (Å²) in [7, 11) is 0. The second kappa shape index (κ2) is 12.3. The molecular formula is C32H28ClN5O3S. The lowest BCUT2D eigenvalue weighted by Crippen LogP contribution is -2.40. The summed E-state index contributed by atoms with van der Waals surface area (Å²) in [5.74, 6) is 0.0585. The molecule has 0 radical (unpaired) electrons. The molecular weight excluding hydrogens is 570 g/mol. The van der Waals surface area contributed by atoms with Crippen LogP contribution in [-0.2, 0) is 16.2 Å². The highest BCUT2D eigenvalue weighted by atomic mass is 35.5. The molecule has 2 aliphatic rings. The van der Waals surface area contributed by atoms with Crippen LogP contribution < -0.4 is 10.5 Å². The van der Waals surface area contributed by atoms with E-state index in [1.807, 2.05) is 95.8 Å². The van der Waals surface area contributed by atoms with Gasteiger partial charge in [-0.3, -0.25) is 9.59 Å². The first kappa shape index (κ1) is 27.8. The first-order valence-corrected chi connectivity index (χ1v) is 14.8. The van der Waals surface area contributed by atoms with Crippen LogP contribution in [0.25, 0.3) is 23.0 Å². The molecule has 6 rings (SSSR count). The fraction of sp³-hybridized carbons (Fsp3) is 0.188. The largest absolute Gasteiger partial charge is 0.489 e. The van der Waals surface area contributed by atoms with Crippen LogP contribution in [0.2, 0.25) is 5.02 Å². The number of primary amides is 1. The van der Waals surface area contributed by atoms with E-state index in [0.717, 1.165) is 33.8 Å². The van der Waals surface area contributed by atoms with Gasteiger partial charge in [0.15, 0.2) is 5.17 Å². The molecule has 212 valence electrons. The monoisotopic (exact) mass is 597 g/mol. The number of likely N-dealkylation sites (tertiary alicyclic amines) is 1. The van der Waals surface area contributed by atoms with E-state index in [1.54, 1.807) is 0 Å². The van der Waals surface area contributed by atoms with Gasteiger partial charge >= 0.3 is 0 Å². The van der Waals surface area contributed by atoms with Gasteiger partial charge in [-0.25, -0.2) is 4.68 Å². The van der Waals surface area contributed by atoms with Gasteiger partial charge in [0.05, 0.1) is 16.3 Å². The van der Waals surface area contributed by atoms with Crippen molar-refractivity contribution in [3.63, 3.8) is 0 Å². The predicted molar refractivity (Wildman–Crippen MR) is 166 cm³/mol. The minimum Gasteiger partial charge on any atom is -0.489 e. The zero-order chi connectivity index (χ0) is 29.1. The second-order valence-electron chi connectivity index (χ2n) is 10.1. The highest BCUT2D eigenvalue weighted by molar-refractivity contribution is 8.18. The minimum absolute atomic E-state index is 0.125. The molecule has 8 nitrogen and oxygen atoms in total. The lowest BCUT2D eigenvalue weighted by atomic mass is 9.97. The van der Waals surface area contributed by atoms with Crippen LogP contribution in [-0.4, -0.2) is 44.8 Å². The zero-order valence-corrected chi connectivity index (χ0v) is 24.2. The van der Waals surface area contributed by atoms with Gasteiger partial charge in [0, 0.05) is 41.4 Å². The molecule has 1 fully saturated rings. The van der Waals surface area contributed by atoms with Crippen molar-refractivity contribution in [2.75, 3.05) is 13.1 Å². The number of para-hydroxylation sites is 1. The number of carbonyl (C=O) groups excluding carboxylic acids is 2. The summed E-state index contributed by atoms with van der Waals surface area (Å²) in [6, 6.07) is 25.1. The molecule has 1 aromatic heterocycles. The lowest BCUT2D eigenvalue weighted by molar-refractivity contribution is -0.123. The Morgan fingerprint density at radius 2 is 1.74 bits per heavy atom. The third-order valence-corrected chi connectivity index (χ3v) is 8.57. The number of carbonyl (C=O) groups is 2. The Kier molecular flexibility index (Phi) is 8.12. The van der Waals surface area contributed by atoms with Crippen LogP contribution in [0.15, 0.2) is 95.0 Å². The normalized spacial score (nSPS) is 16.6. The van der Waals surface area contributed by atoms with Crippen molar-refractivity contribution in [2.45, 2.75) is 19.4 Å². The SMILES string of the molecule is NC(=O)C1CCN(C2=NC(=O)/C(=C/c3cn(-c4ccccc4)nc3-c3ccc(OCc4ccc(Cl)cc4)cc3)S2)CC1. The maximum atomic E-state index is 13.0. The third kappa shape index (κ3) is 6.27. The Labute approximate surface area is 252 Å². The number of ether oxygens (including phenoxy) is 1. The van der Waals surface area contributed by atoms with Crippen LogP contribution in [0, 0.1) is 5.92 Å². The number of hydrogen-bond donors (Lipinski definition) is 1. The first-order chi connectivity index (χ1) is 20.4. The van der Waals surface area contributed by atoms with Crippen molar-refractivity contribution in [2.24, 2.45) is 16.6 Å². The maximum absolute atomic E-state index is 13.0. The van der Waals surface area contributed by atoms with E-state index in [4.69, 9.17) is 27.2 Å². The summed E-state index contributed by atoms with van der Waals surface area (Å²) < 4.78 is 7.78. The molecule has 0 spiro atoms. The van der Waals surface area contributed by atoms with Crippen LogP contribution >= 0.6 is 23.4 Å². The summed E-state index contributed by atoms with van der Waals surface area (Å²) in [6.45, 7) is 1.71. The summed E-state index contributed by atoms with van der Waals surface area (Å²) in [5.41, 5.74) is 9.84. The van der Waals surface area contributed by atoms with E-state index in [9.17, 15) is 9.59 Å². The summed E-state index contributed by atoms with van der Waals surface area (Å²) in [6.07, 6.45) is 5.10. The lowest BCUT2D eigenvalue weighted by Gasteiger charge is -2.31. The van der Waals surface area contributed by atoms with Gasteiger partial charge in [-0.05, 0) is 84.8 Å². The van der Waals surface area contributed by atoms with E-state index >= 15 is 0 Å². The molecule has 2 amide bonds. The van der Waals surface area contributed by atoms with Gasteiger partial charge in [-0.15, -0.1) is 0 Å². The molecule has 0 saturated carbocycles. The predicted octanol–water partition coefficient (Wildman–Crippen LogP) is 5.94. The quantitative estimate of drug-likeness (QED) is 0.265. The number of aliphatic imine (C=N–C) groups is 1. The van der Waals surface area contributed by atoms with Gasteiger partial charge in [0.1, 0.15) is 12.4 Å². The van der Waals surface area contributed by atoms with Crippen molar-refractivity contribution in [3.05, 3.63) is 106 Å². The Hall–Kier alpha value is -4.34. The number of thioether (sulfide) groups is 1. The Morgan fingerprint density at radius 3 is 2.43 bits per heavy atom. The average molecular weight is 598 g/mol. The van der Waals surface area contributed by atoms with Crippen LogP contribution in [0.1, 0.15) is 24.0 Å². The van der Waals surface area contributed by atoms with Gasteiger partial charge in [-0.1, -0.05) is 41.9 Å². The molecule has 10 heteroatoms. The van der Waals surface area contributed by atoms with Crippen LogP contribution in [0.3, 0.4) is 0 Å². The topological polar surface area (TPSA) is 103 Å². The number of nitrogens with zero attached hydrogens (tertiary/aromatic N) is 4. The number of piperidine rings is 1. The van der Waals surface area contributed by atoms with Crippen molar-refractivity contribution < 1.29 is 14.3 Å². The van der Waals surface area contributed by atoms with E-state index < -0.39 is 0 Å². The fourth-order valence-electron chi connectivity index (χ4n) is 4.92. The van der Waals surface area contributed by atoms with Crippen LogP contribution in [0.4, 0.5) is 0 Å². The Bertz CT molecular complexity index is 1660. The number of rotatable bonds is 7. The van der Waals surface area contributed by atoms with Gasteiger partial charge in [0.25, 0.3) is 5.91 Å². The van der Waals surface area contributed by atoms with Gasteiger partial charge in [-0.2, -0.15) is 10.1 Å². The number of hydrogen-bond acceptors (Lipinski definition) is 6. The Balaban J connectivity index is 1.23. The number of benzene rings is 3. The third-order valence-electron chi connectivity index (χ3n) is 7.27. The molecule has 0 bridgehead atoms. The molecule has 2 aliphatic heterocycles. The summed E-state index contributed by atoms with van der Waals surface area (Å²) >= 11 is 7.33. The van der Waals surface area contributed by atoms with Crippen molar-refractivity contribution in [3.8, 4) is 22.7 Å². The number of halogens is 1. The molecule has 0 atom stereocenters. The standard InChI is InChI=1S/C32H28ClN5O3S/c33-25-10-6-21(7-11-25)20-41-27-12-8-22(9-13-27)29-24(19-38(36-29)26-4-2-1-3-5-26)18-28-31(40)35-32(42-28)37-16-14-23(15-17-37)30(34)39/h1-13,18-19,23H,14-17,20H2,(H2,34,39)/b28-18-. The second-order valence-corrected chi connectivity index (χ2v) is 11.6. The molecule has 0 unspecified atom stereocenters. The maximum Gasteiger partial charge on any atom is 0.286 e. The van der Waals surface area contributed by atoms with Crippen LogP contribution in [0.5, 0.6) is 5.75 Å². The highest BCUT2D eigenvalue weighted by Crippen LogP contribution is 2.35. The van der Waals surface area contributed by atoms with E-state index in [1.165, 1.54) is 11.8 Å². The number of amides is 2. The van der Waals surface area contributed by atoms with Gasteiger partial charge < -0.3 is 15.4 Å². The van der Waals surface area contributed by atoms with E-state index in [-0.39, 0.29) is 17.7 Å². The molecule has 0 aliphatic carbocycles. The van der Waals surface area contributed by atoms with E-state index in [0.29, 0.717) is 47.6 Å². The number of aromatic nitrogens is 2. The smallest absolute Gasteiger partial charge is 0.286 e. The van der Waals surface area contributed by atoms with Crippen molar-refractivity contribution in [1.29, 1.82) is 0 Å². The number of amidine groups is 1. The van der Waals surface area contributed by atoms with Crippen molar-refractivity contribution in [1.82, 2.24) is 14.7 Å². The average Bonchev–Trinajstić information content (AvgIpc) is 3.61. The molecule has 3 aromatic carbocycles. The summed E-state index contributed by atoms with van der Waals surface area (Å²) in [4.78, 5) is 31.4. The number of nitrogens with two attached hydrogens (primary N) is 1. The Morgan fingerprint density at radius 1 is 1.02 bits per heavy atom. The zero-order valence-electron chi connectivity index (χ0n) is 22.7. The molecule has 42 heavy (non-hydrogen) atoms.